The maximum atomic E-state index is 13.3. The molecule has 0 aliphatic carbocycles. The zero-order chi connectivity index (χ0) is 23.5. The van der Waals surface area contributed by atoms with E-state index in [0.29, 0.717) is 43.5 Å². The minimum atomic E-state index is -3.33. The van der Waals surface area contributed by atoms with Crippen molar-refractivity contribution in [1.82, 2.24) is 9.78 Å². The van der Waals surface area contributed by atoms with Crippen molar-refractivity contribution in [1.29, 1.82) is 0 Å². The minimum absolute atomic E-state index is 0.184. The van der Waals surface area contributed by atoms with Crippen molar-refractivity contribution in [3.05, 3.63) is 41.6 Å². The van der Waals surface area contributed by atoms with Crippen LogP contribution in [0.3, 0.4) is 0 Å². The van der Waals surface area contributed by atoms with Crippen LogP contribution in [0.1, 0.15) is 50.2 Å². The molecule has 0 saturated carbocycles. The third-order valence-electron chi connectivity index (χ3n) is 5.67. The van der Waals surface area contributed by atoms with Gasteiger partial charge in [0.25, 0.3) is 0 Å². The lowest BCUT2D eigenvalue weighted by Crippen LogP contribution is -2.27. The molecule has 0 spiro atoms. The average Bonchev–Trinajstić information content (AvgIpc) is 3.10. The first-order valence-electron chi connectivity index (χ1n) is 10.9. The smallest absolute Gasteiger partial charge is 0.233 e. The summed E-state index contributed by atoms with van der Waals surface area (Å²) >= 11 is 0. The third-order valence-corrected chi connectivity index (χ3v) is 6.93. The lowest BCUT2D eigenvalue weighted by Gasteiger charge is -2.26. The minimum Gasteiger partial charge on any atom is -0.389 e. The standard InChI is InChI=1S/C23H33N3O5S/c1-16-13-18(5-6-20(16)32(4,29)30)19(14-17-8-11-31-12-9-17)22(27)24-21-7-10-26(25-21)15-23(2,3)28/h5-7,10,13,17,19,28H,8-9,11-12,14-15H2,1-4H3,(H,24,25,27). The maximum Gasteiger partial charge on any atom is 0.233 e. The maximum absolute atomic E-state index is 13.3. The molecular formula is C23H33N3O5S. The fourth-order valence-corrected chi connectivity index (χ4v) is 5.10. The van der Waals surface area contributed by atoms with Gasteiger partial charge >= 0.3 is 0 Å². The van der Waals surface area contributed by atoms with E-state index in [4.69, 9.17) is 4.74 Å². The van der Waals surface area contributed by atoms with Crippen LogP contribution in [0.2, 0.25) is 0 Å². The van der Waals surface area contributed by atoms with Crippen LogP contribution in [0.15, 0.2) is 35.4 Å². The summed E-state index contributed by atoms with van der Waals surface area (Å²) in [5.74, 6) is 0.143. The molecule has 2 aromatic rings. The van der Waals surface area contributed by atoms with Gasteiger partial charge in [-0.3, -0.25) is 9.48 Å². The molecule has 176 valence electrons. The van der Waals surface area contributed by atoms with Gasteiger partial charge in [0.05, 0.1) is 23.0 Å². The Morgan fingerprint density at radius 1 is 1.31 bits per heavy atom. The molecule has 1 amide bonds. The number of sulfone groups is 1. The van der Waals surface area contributed by atoms with E-state index in [2.05, 4.69) is 10.4 Å². The van der Waals surface area contributed by atoms with E-state index < -0.39 is 21.4 Å². The summed E-state index contributed by atoms with van der Waals surface area (Å²) in [7, 11) is -3.33. The summed E-state index contributed by atoms with van der Waals surface area (Å²) in [6.07, 6.45) is 5.34. The second-order valence-corrected chi connectivity index (χ2v) is 11.3. The van der Waals surface area contributed by atoms with Crippen molar-refractivity contribution in [2.45, 2.75) is 63.0 Å². The van der Waals surface area contributed by atoms with Gasteiger partial charge in [0.1, 0.15) is 0 Å². The van der Waals surface area contributed by atoms with Crippen molar-refractivity contribution in [2.75, 3.05) is 24.8 Å². The summed E-state index contributed by atoms with van der Waals surface area (Å²) in [5.41, 5.74) is 0.497. The van der Waals surface area contributed by atoms with Gasteiger partial charge in [0.2, 0.25) is 5.91 Å². The first kappa shape index (κ1) is 24.4. The number of hydrogen-bond donors (Lipinski definition) is 2. The van der Waals surface area contributed by atoms with Gasteiger partial charge in [0.15, 0.2) is 15.7 Å². The molecule has 1 aromatic heterocycles. The number of aryl methyl sites for hydroxylation is 1. The number of rotatable bonds is 8. The Balaban J connectivity index is 1.84. The van der Waals surface area contributed by atoms with Crippen LogP contribution >= 0.6 is 0 Å². The molecule has 1 fully saturated rings. The molecule has 3 rings (SSSR count). The van der Waals surface area contributed by atoms with Crippen LogP contribution in [0.4, 0.5) is 5.82 Å². The molecule has 1 aromatic carbocycles. The Morgan fingerprint density at radius 3 is 2.59 bits per heavy atom. The Kier molecular flexibility index (Phi) is 7.42. The van der Waals surface area contributed by atoms with E-state index in [9.17, 15) is 18.3 Å². The second-order valence-electron chi connectivity index (χ2n) is 9.34. The van der Waals surface area contributed by atoms with Gasteiger partial charge in [-0.15, -0.1) is 0 Å². The summed E-state index contributed by atoms with van der Waals surface area (Å²) in [6.45, 7) is 6.82. The van der Waals surface area contributed by atoms with Crippen LogP contribution in [0, 0.1) is 12.8 Å². The lowest BCUT2D eigenvalue weighted by atomic mass is 9.84. The van der Waals surface area contributed by atoms with Crippen LogP contribution in [0.25, 0.3) is 0 Å². The van der Waals surface area contributed by atoms with Crippen molar-refractivity contribution < 1.29 is 23.1 Å². The molecule has 2 N–H and O–H groups in total. The zero-order valence-corrected chi connectivity index (χ0v) is 20.0. The van der Waals surface area contributed by atoms with Gasteiger partial charge in [-0.1, -0.05) is 12.1 Å². The molecule has 0 radical (unpaired) electrons. The molecular weight excluding hydrogens is 430 g/mol. The van der Waals surface area contributed by atoms with Gasteiger partial charge in [-0.05, 0) is 63.1 Å². The lowest BCUT2D eigenvalue weighted by molar-refractivity contribution is -0.118. The monoisotopic (exact) mass is 463 g/mol. The van der Waals surface area contributed by atoms with Crippen LogP contribution in [0.5, 0.6) is 0 Å². The predicted octanol–water partition coefficient (Wildman–Crippen LogP) is 2.90. The van der Waals surface area contributed by atoms with Crippen LogP contribution < -0.4 is 5.32 Å². The van der Waals surface area contributed by atoms with Crippen LogP contribution in [-0.4, -0.2) is 54.3 Å². The fourth-order valence-electron chi connectivity index (χ4n) is 4.14. The van der Waals surface area contributed by atoms with E-state index in [1.54, 1.807) is 55.9 Å². The quantitative estimate of drug-likeness (QED) is 0.623. The first-order chi connectivity index (χ1) is 14.9. The molecule has 1 saturated heterocycles. The predicted molar refractivity (Wildman–Crippen MR) is 122 cm³/mol. The highest BCUT2D eigenvalue weighted by Crippen LogP contribution is 2.32. The average molecular weight is 464 g/mol. The molecule has 0 bridgehead atoms. The largest absolute Gasteiger partial charge is 0.389 e. The Bertz CT molecular complexity index is 1050. The van der Waals surface area contributed by atoms with E-state index in [0.717, 1.165) is 18.4 Å². The first-order valence-corrected chi connectivity index (χ1v) is 12.8. The molecule has 1 aliphatic rings. The van der Waals surface area contributed by atoms with Crippen molar-refractivity contribution in [3.8, 4) is 0 Å². The van der Waals surface area contributed by atoms with E-state index in [1.807, 2.05) is 0 Å². The SMILES string of the molecule is Cc1cc(C(CC2CCOCC2)C(=O)Nc2ccn(CC(C)(C)O)n2)ccc1S(C)(=O)=O. The number of carbonyl (C=O) groups excluding carboxylic acids is 1. The summed E-state index contributed by atoms with van der Waals surface area (Å²) < 4.78 is 31.1. The van der Waals surface area contributed by atoms with Crippen molar-refractivity contribution in [2.24, 2.45) is 5.92 Å². The highest BCUT2D eigenvalue weighted by molar-refractivity contribution is 7.90. The van der Waals surface area contributed by atoms with E-state index in [-0.39, 0.29) is 10.8 Å². The number of benzene rings is 1. The van der Waals surface area contributed by atoms with Gasteiger partial charge < -0.3 is 15.2 Å². The number of amides is 1. The Hall–Kier alpha value is -2.23. The third kappa shape index (κ3) is 6.63. The molecule has 1 atom stereocenters. The molecule has 2 heterocycles. The number of nitrogens with zero attached hydrogens (tertiary/aromatic N) is 2. The Morgan fingerprint density at radius 2 is 2.00 bits per heavy atom. The summed E-state index contributed by atoms with van der Waals surface area (Å²) in [4.78, 5) is 13.6. The van der Waals surface area contributed by atoms with Crippen molar-refractivity contribution in [3.63, 3.8) is 0 Å². The van der Waals surface area contributed by atoms with Gasteiger partial charge in [-0.2, -0.15) is 5.10 Å². The number of ether oxygens (including phenoxy) is 1. The molecule has 8 nitrogen and oxygen atoms in total. The second kappa shape index (κ2) is 9.72. The number of aromatic nitrogens is 2. The highest BCUT2D eigenvalue weighted by atomic mass is 32.2. The Labute approximate surface area is 189 Å². The van der Waals surface area contributed by atoms with E-state index >= 15 is 0 Å². The number of hydrogen-bond acceptors (Lipinski definition) is 6. The van der Waals surface area contributed by atoms with E-state index in [1.165, 1.54) is 6.26 Å². The number of nitrogens with one attached hydrogen (secondary N) is 1. The molecule has 32 heavy (non-hydrogen) atoms. The zero-order valence-electron chi connectivity index (χ0n) is 19.2. The number of carbonyl (C=O) groups is 1. The number of aliphatic hydroxyl groups is 1. The fraction of sp³-hybridized carbons (Fsp3) is 0.565. The number of anilines is 1. The molecule has 9 heteroatoms. The molecule has 1 unspecified atom stereocenters. The van der Waals surface area contributed by atoms with Gasteiger partial charge in [-0.25, -0.2) is 8.42 Å². The van der Waals surface area contributed by atoms with Crippen LogP contribution in [-0.2, 0) is 25.9 Å². The topological polar surface area (TPSA) is 111 Å². The summed E-state index contributed by atoms with van der Waals surface area (Å²) in [5, 5.41) is 17.2. The van der Waals surface area contributed by atoms with Crippen molar-refractivity contribution >= 4 is 21.6 Å². The normalized spacial score (nSPS) is 16.7. The highest BCUT2D eigenvalue weighted by Gasteiger charge is 2.28. The molecule has 1 aliphatic heterocycles. The van der Waals surface area contributed by atoms with Gasteiger partial charge in [0, 0.05) is 31.7 Å². The summed E-state index contributed by atoms with van der Waals surface area (Å²) in [6, 6.07) is 6.82.